The molecule has 0 atom stereocenters. The molecule has 6 heteroatoms. The van der Waals surface area contributed by atoms with Gasteiger partial charge in [0.15, 0.2) is 5.69 Å². The number of carbonyl (C=O) groups is 1. The number of nitrogens with one attached hydrogen (secondary N) is 1. The fourth-order valence-electron chi connectivity index (χ4n) is 1.83. The predicted octanol–water partition coefficient (Wildman–Crippen LogP) is 2.62. The number of rotatable bonds is 7. The zero-order valence-electron chi connectivity index (χ0n) is 12.1. The van der Waals surface area contributed by atoms with Gasteiger partial charge in [0.25, 0.3) is 0 Å². The van der Waals surface area contributed by atoms with E-state index in [4.69, 9.17) is 9.47 Å². The van der Waals surface area contributed by atoms with Crippen LogP contribution < -0.4 is 10.1 Å². The van der Waals surface area contributed by atoms with Crippen molar-refractivity contribution in [1.29, 1.82) is 0 Å². The number of methoxy groups -OCH3 is 1. The number of esters is 1. The second kappa shape index (κ2) is 7.75. The molecule has 0 radical (unpaired) electrons. The van der Waals surface area contributed by atoms with Gasteiger partial charge in [-0.2, -0.15) is 0 Å². The van der Waals surface area contributed by atoms with Crippen LogP contribution in [-0.2, 0) is 17.8 Å². The molecule has 0 saturated carbocycles. The van der Waals surface area contributed by atoms with Crippen molar-refractivity contribution >= 4 is 17.3 Å². The molecule has 0 aliphatic rings. The quantitative estimate of drug-likeness (QED) is 0.797. The number of hydrogen-bond acceptors (Lipinski definition) is 6. The fraction of sp³-hybridized carbons (Fsp3) is 0.333. The maximum Gasteiger partial charge on any atom is 0.358 e. The van der Waals surface area contributed by atoms with Crippen LogP contribution >= 0.6 is 11.3 Å². The molecule has 112 valence electrons. The van der Waals surface area contributed by atoms with Crippen LogP contribution in [0.2, 0.25) is 0 Å². The Kier molecular flexibility index (Phi) is 5.71. The monoisotopic (exact) mass is 306 g/mol. The van der Waals surface area contributed by atoms with Gasteiger partial charge in [-0.15, -0.1) is 11.3 Å². The Balaban J connectivity index is 1.88. The summed E-state index contributed by atoms with van der Waals surface area (Å²) in [4.78, 5) is 16.7. The largest absolute Gasteiger partial charge is 0.497 e. The van der Waals surface area contributed by atoms with Crippen molar-refractivity contribution in [2.45, 2.75) is 20.0 Å². The van der Waals surface area contributed by atoms with E-state index in [1.165, 1.54) is 11.3 Å². The highest BCUT2D eigenvalue weighted by Crippen LogP contribution is 2.15. The maximum absolute atomic E-state index is 11.7. The summed E-state index contributed by atoms with van der Waals surface area (Å²) in [5.41, 5.74) is 3.22. The summed E-state index contributed by atoms with van der Waals surface area (Å²) in [5, 5.41) is 3.30. The number of aromatic nitrogens is 1. The number of thiazole rings is 1. The molecule has 21 heavy (non-hydrogen) atoms. The highest BCUT2D eigenvalue weighted by atomic mass is 32.1. The molecule has 0 unspecified atom stereocenters. The fourth-order valence-corrected chi connectivity index (χ4v) is 2.54. The Morgan fingerprint density at radius 1 is 1.29 bits per heavy atom. The Morgan fingerprint density at radius 3 is 2.71 bits per heavy atom. The van der Waals surface area contributed by atoms with Crippen LogP contribution in [0.15, 0.2) is 29.8 Å². The third-order valence-corrected chi connectivity index (χ3v) is 3.72. The van der Waals surface area contributed by atoms with Gasteiger partial charge < -0.3 is 14.8 Å². The average Bonchev–Trinajstić information content (AvgIpc) is 2.97. The van der Waals surface area contributed by atoms with Crippen LogP contribution in [0.1, 0.15) is 27.9 Å². The van der Waals surface area contributed by atoms with Crippen molar-refractivity contribution in [3.63, 3.8) is 0 Å². The van der Waals surface area contributed by atoms with Gasteiger partial charge in [0, 0.05) is 13.1 Å². The van der Waals surface area contributed by atoms with Crippen molar-refractivity contribution in [3.05, 3.63) is 45.9 Å². The van der Waals surface area contributed by atoms with Crippen molar-refractivity contribution in [2.75, 3.05) is 13.7 Å². The molecular formula is C15H18N2O3S. The van der Waals surface area contributed by atoms with E-state index in [0.717, 1.165) is 16.2 Å². The molecule has 0 aliphatic heterocycles. The third-order valence-electron chi connectivity index (χ3n) is 2.88. The van der Waals surface area contributed by atoms with E-state index in [1.54, 1.807) is 19.5 Å². The topological polar surface area (TPSA) is 60.5 Å². The zero-order chi connectivity index (χ0) is 15.1. The van der Waals surface area contributed by atoms with Crippen LogP contribution in [0.3, 0.4) is 0 Å². The first-order valence-electron chi connectivity index (χ1n) is 6.67. The van der Waals surface area contributed by atoms with E-state index >= 15 is 0 Å². The summed E-state index contributed by atoms with van der Waals surface area (Å²) in [6, 6.07) is 7.86. The number of ether oxygens (including phenoxy) is 2. The van der Waals surface area contributed by atoms with E-state index in [0.29, 0.717) is 25.4 Å². The molecule has 5 nitrogen and oxygen atoms in total. The Morgan fingerprint density at radius 2 is 2.05 bits per heavy atom. The molecule has 2 rings (SSSR count). The van der Waals surface area contributed by atoms with Crippen LogP contribution in [0.5, 0.6) is 5.75 Å². The first kappa shape index (κ1) is 15.5. The summed E-state index contributed by atoms with van der Waals surface area (Å²) >= 11 is 1.45. The standard InChI is InChI=1S/C15H18N2O3S/c1-3-20-15(18)14-13(21-10-17-14)9-16-8-11-4-6-12(19-2)7-5-11/h4-7,10,16H,3,8-9H2,1-2H3. The molecule has 0 amide bonds. The minimum absolute atomic E-state index is 0.356. The van der Waals surface area contributed by atoms with Gasteiger partial charge in [0.2, 0.25) is 0 Å². The average molecular weight is 306 g/mol. The smallest absolute Gasteiger partial charge is 0.358 e. The van der Waals surface area contributed by atoms with Crippen LogP contribution in [-0.4, -0.2) is 24.7 Å². The lowest BCUT2D eigenvalue weighted by molar-refractivity contribution is 0.0519. The molecule has 2 aromatic rings. The summed E-state index contributed by atoms with van der Waals surface area (Å²) in [6.07, 6.45) is 0. The van der Waals surface area contributed by atoms with Crippen LogP contribution in [0, 0.1) is 0 Å². The molecule has 0 spiro atoms. The second-order valence-electron chi connectivity index (χ2n) is 4.30. The first-order valence-corrected chi connectivity index (χ1v) is 7.55. The minimum Gasteiger partial charge on any atom is -0.497 e. The van der Waals surface area contributed by atoms with Gasteiger partial charge in [-0.25, -0.2) is 9.78 Å². The summed E-state index contributed by atoms with van der Waals surface area (Å²) in [6.45, 7) is 3.44. The molecule has 1 aromatic heterocycles. The van der Waals surface area contributed by atoms with Crippen molar-refractivity contribution in [3.8, 4) is 5.75 Å². The normalized spacial score (nSPS) is 10.4. The minimum atomic E-state index is -0.361. The highest BCUT2D eigenvalue weighted by molar-refractivity contribution is 7.09. The van der Waals surface area contributed by atoms with Gasteiger partial charge in [0.1, 0.15) is 5.75 Å². The molecule has 0 saturated heterocycles. The van der Waals surface area contributed by atoms with Crippen LogP contribution in [0.4, 0.5) is 0 Å². The zero-order valence-corrected chi connectivity index (χ0v) is 12.9. The predicted molar refractivity (Wildman–Crippen MR) is 81.6 cm³/mol. The summed E-state index contributed by atoms with van der Waals surface area (Å²) in [7, 11) is 1.65. The number of nitrogens with zero attached hydrogens (tertiary/aromatic N) is 1. The molecule has 0 aliphatic carbocycles. The van der Waals surface area contributed by atoms with Gasteiger partial charge in [-0.1, -0.05) is 12.1 Å². The van der Waals surface area contributed by atoms with Gasteiger partial charge in [0.05, 0.1) is 24.1 Å². The molecular weight excluding hydrogens is 288 g/mol. The lowest BCUT2D eigenvalue weighted by Gasteiger charge is -2.06. The Labute approximate surface area is 127 Å². The Bertz CT molecular complexity index is 581. The summed E-state index contributed by atoms with van der Waals surface area (Å²) < 4.78 is 10.1. The van der Waals surface area contributed by atoms with Crippen molar-refractivity contribution in [1.82, 2.24) is 10.3 Å². The highest BCUT2D eigenvalue weighted by Gasteiger charge is 2.15. The molecule has 1 N–H and O–H groups in total. The van der Waals surface area contributed by atoms with E-state index in [1.807, 2.05) is 24.3 Å². The molecule has 0 bridgehead atoms. The lowest BCUT2D eigenvalue weighted by atomic mass is 10.2. The van der Waals surface area contributed by atoms with Gasteiger partial charge >= 0.3 is 5.97 Å². The number of benzene rings is 1. The van der Waals surface area contributed by atoms with E-state index in [9.17, 15) is 4.79 Å². The second-order valence-corrected chi connectivity index (χ2v) is 5.24. The number of carbonyl (C=O) groups excluding carboxylic acids is 1. The van der Waals surface area contributed by atoms with E-state index in [2.05, 4.69) is 10.3 Å². The van der Waals surface area contributed by atoms with E-state index < -0.39 is 0 Å². The third kappa shape index (κ3) is 4.27. The van der Waals surface area contributed by atoms with Crippen molar-refractivity contribution in [2.24, 2.45) is 0 Å². The maximum atomic E-state index is 11.7. The molecule has 1 aromatic carbocycles. The van der Waals surface area contributed by atoms with Gasteiger partial charge in [-0.05, 0) is 24.6 Å². The molecule has 0 fully saturated rings. The van der Waals surface area contributed by atoms with Crippen LogP contribution in [0.25, 0.3) is 0 Å². The Hall–Kier alpha value is -1.92. The molecule has 1 heterocycles. The first-order chi connectivity index (χ1) is 10.2. The SMILES string of the molecule is CCOC(=O)c1ncsc1CNCc1ccc(OC)cc1. The number of hydrogen-bond donors (Lipinski definition) is 1. The van der Waals surface area contributed by atoms with Gasteiger partial charge in [-0.3, -0.25) is 0 Å². The summed E-state index contributed by atoms with van der Waals surface area (Å²) in [5.74, 6) is 0.478. The lowest BCUT2D eigenvalue weighted by Crippen LogP contribution is -2.15. The van der Waals surface area contributed by atoms with E-state index in [-0.39, 0.29) is 5.97 Å². The van der Waals surface area contributed by atoms with Crippen molar-refractivity contribution < 1.29 is 14.3 Å².